The Morgan fingerprint density at radius 1 is 1.60 bits per heavy atom. The van der Waals surface area contributed by atoms with E-state index in [4.69, 9.17) is 0 Å². The van der Waals surface area contributed by atoms with Gasteiger partial charge in [-0.15, -0.1) is 0 Å². The Bertz CT molecular complexity index is 325. The van der Waals surface area contributed by atoms with Crippen LogP contribution in [0.4, 0.5) is 0 Å². The third kappa shape index (κ3) is 2.40. The van der Waals surface area contributed by atoms with E-state index in [0.29, 0.717) is 11.5 Å². The number of hydrogen-bond acceptors (Lipinski definition) is 2. The van der Waals surface area contributed by atoms with Crippen molar-refractivity contribution in [3.05, 3.63) is 18.0 Å². The average Bonchev–Trinajstić information content (AvgIpc) is 2.81. The maximum absolute atomic E-state index is 4.22. The third-order valence-corrected chi connectivity index (χ3v) is 3.53. The van der Waals surface area contributed by atoms with Gasteiger partial charge in [-0.3, -0.25) is 4.68 Å². The van der Waals surface area contributed by atoms with Crippen LogP contribution in [0.2, 0.25) is 0 Å². The van der Waals surface area contributed by atoms with E-state index in [-0.39, 0.29) is 0 Å². The molecule has 1 atom stereocenters. The number of hydrogen-bond donors (Lipinski definition) is 1. The van der Waals surface area contributed by atoms with Gasteiger partial charge in [-0.25, -0.2) is 0 Å². The zero-order valence-electron chi connectivity index (χ0n) is 9.95. The second-order valence-corrected chi connectivity index (χ2v) is 4.99. The molecule has 84 valence electrons. The van der Waals surface area contributed by atoms with Crippen LogP contribution in [0.1, 0.15) is 32.3 Å². The number of rotatable bonds is 5. The zero-order chi connectivity index (χ0) is 10.9. The monoisotopic (exact) mass is 207 g/mol. The van der Waals surface area contributed by atoms with Crippen LogP contribution in [-0.2, 0) is 13.5 Å². The van der Waals surface area contributed by atoms with Crippen molar-refractivity contribution in [2.45, 2.75) is 39.2 Å². The summed E-state index contributed by atoms with van der Waals surface area (Å²) in [5.74, 6) is 0. The van der Waals surface area contributed by atoms with Crippen LogP contribution in [0.25, 0.3) is 0 Å². The van der Waals surface area contributed by atoms with Gasteiger partial charge >= 0.3 is 0 Å². The maximum atomic E-state index is 4.22. The average molecular weight is 207 g/mol. The molecule has 3 heteroatoms. The second-order valence-electron chi connectivity index (χ2n) is 4.99. The summed E-state index contributed by atoms with van der Waals surface area (Å²) in [5, 5.41) is 7.83. The van der Waals surface area contributed by atoms with Gasteiger partial charge in [0, 0.05) is 19.3 Å². The lowest BCUT2D eigenvalue weighted by Gasteiger charge is -2.23. The Kier molecular flexibility index (Phi) is 2.83. The largest absolute Gasteiger partial charge is 0.313 e. The van der Waals surface area contributed by atoms with Gasteiger partial charge in [0.25, 0.3) is 0 Å². The topological polar surface area (TPSA) is 29.9 Å². The summed E-state index contributed by atoms with van der Waals surface area (Å²) in [6, 6.07) is 0.617. The molecular formula is C12H21N3. The van der Waals surface area contributed by atoms with Gasteiger partial charge < -0.3 is 5.32 Å². The Balaban J connectivity index is 2.00. The highest BCUT2D eigenvalue weighted by molar-refractivity contribution is 5.10. The van der Waals surface area contributed by atoms with E-state index in [0.717, 1.165) is 13.0 Å². The lowest BCUT2D eigenvalue weighted by Crippen LogP contribution is -2.37. The zero-order valence-corrected chi connectivity index (χ0v) is 9.95. The fourth-order valence-corrected chi connectivity index (χ4v) is 2.17. The first-order chi connectivity index (χ1) is 7.14. The highest BCUT2D eigenvalue weighted by Gasteiger charge is 2.44. The summed E-state index contributed by atoms with van der Waals surface area (Å²) in [5.41, 5.74) is 1.88. The highest BCUT2D eigenvalue weighted by atomic mass is 15.2. The van der Waals surface area contributed by atoms with Crippen molar-refractivity contribution in [1.82, 2.24) is 15.1 Å². The summed E-state index contributed by atoms with van der Waals surface area (Å²) < 4.78 is 1.88. The minimum Gasteiger partial charge on any atom is -0.313 e. The van der Waals surface area contributed by atoms with Crippen LogP contribution >= 0.6 is 0 Å². The van der Waals surface area contributed by atoms with Crippen LogP contribution in [0.15, 0.2) is 12.4 Å². The Morgan fingerprint density at radius 2 is 2.33 bits per heavy atom. The van der Waals surface area contributed by atoms with E-state index in [1.54, 1.807) is 0 Å². The third-order valence-electron chi connectivity index (χ3n) is 3.53. The lowest BCUT2D eigenvalue weighted by molar-refractivity contribution is 0.360. The molecule has 0 amide bonds. The van der Waals surface area contributed by atoms with E-state index >= 15 is 0 Å². The first-order valence-electron chi connectivity index (χ1n) is 5.85. The molecule has 0 aliphatic heterocycles. The molecule has 1 aliphatic rings. The van der Waals surface area contributed by atoms with Gasteiger partial charge in [-0.2, -0.15) is 5.10 Å². The Hall–Kier alpha value is -0.830. The van der Waals surface area contributed by atoms with Crippen molar-refractivity contribution in [2.75, 3.05) is 6.54 Å². The molecule has 1 unspecified atom stereocenters. The molecule has 0 saturated heterocycles. The first kappa shape index (κ1) is 10.7. The summed E-state index contributed by atoms with van der Waals surface area (Å²) >= 11 is 0. The van der Waals surface area contributed by atoms with E-state index in [9.17, 15) is 0 Å². The molecule has 0 bridgehead atoms. The molecule has 1 saturated carbocycles. The summed E-state index contributed by atoms with van der Waals surface area (Å²) in [4.78, 5) is 0. The van der Waals surface area contributed by atoms with Crippen molar-refractivity contribution in [3.8, 4) is 0 Å². The molecule has 1 N–H and O–H groups in total. The second kappa shape index (κ2) is 3.97. The molecule has 15 heavy (non-hydrogen) atoms. The van der Waals surface area contributed by atoms with Crippen LogP contribution < -0.4 is 5.32 Å². The summed E-state index contributed by atoms with van der Waals surface area (Å²) in [6.45, 7) is 5.62. The molecule has 0 aromatic carbocycles. The van der Waals surface area contributed by atoms with E-state index in [2.05, 4.69) is 30.5 Å². The molecule has 1 fully saturated rings. The Labute approximate surface area is 91.9 Å². The van der Waals surface area contributed by atoms with E-state index in [1.807, 2.05) is 17.9 Å². The smallest absolute Gasteiger partial charge is 0.0522 e. The van der Waals surface area contributed by atoms with Crippen LogP contribution in [0.3, 0.4) is 0 Å². The standard InChI is InChI=1S/C12H21N3/c1-4-13-11(12(2)5-6-12)7-10-8-14-15(3)9-10/h8-9,11,13H,4-7H2,1-3H3. The minimum atomic E-state index is 0.534. The predicted octanol–water partition coefficient (Wildman–Crippen LogP) is 1.74. The maximum Gasteiger partial charge on any atom is 0.0522 e. The first-order valence-corrected chi connectivity index (χ1v) is 5.85. The molecule has 1 heterocycles. The highest BCUT2D eigenvalue weighted by Crippen LogP contribution is 2.48. The van der Waals surface area contributed by atoms with Crippen LogP contribution in [-0.4, -0.2) is 22.4 Å². The van der Waals surface area contributed by atoms with Gasteiger partial charge in [0.2, 0.25) is 0 Å². The number of nitrogens with zero attached hydrogens (tertiary/aromatic N) is 2. The molecule has 0 radical (unpaired) electrons. The molecule has 0 spiro atoms. The van der Waals surface area contributed by atoms with Crippen molar-refractivity contribution in [3.63, 3.8) is 0 Å². The molecule has 2 rings (SSSR count). The van der Waals surface area contributed by atoms with Gasteiger partial charge in [-0.1, -0.05) is 13.8 Å². The van der Waals surface area contributed by atoms with Gasteiger partial charge in [0.05, 0.1) is 6.20 Å². The minimum absolute atomic E-state index is 0.534. The van der Waals surface area contributed by atoms with Crippen LogP contribution in [0.5, 0.6) is 0 Å². The van der Waals surface area contributed by atoms with Crippen molar-refractivity contribution < 1.29 is 0 Å². The summed E-state index contributed by atoms with van der Waals surface area (Å²) in [6.07, 6.45) is 7.94. The van der Waals surface area contributed by atoms with Gasteiger partial charge in [0.1, 0.15) is 0 Å². The van der Waals surface area contributed by atoms with E-state index in [1.165, 1.54) is 18.4 Å². The van der Waals surface area contributed by atoms with Gasteiger partial charge in [-0.05, 0) is 36.8 Å². The number of nitrogens with one attached hydrogen (secondary N) is 1. The fraction of sp³-hybridized carbons (Fsp3) is 0.750. The Morgan fingerprint density at radius 3 is 2.80 bits per heavy atom. The normalized spacial score (nSPS) is 20.2. The van der Waals surface area contributed by atoms with E-state index < -0.39 is 0 Å². The molecule has 3 nitrogen and oxygen atoms in total. The number of likely N-dealkylation sites (N-methyl/N-ethyl adjacent to an activating group) is 1. The fourth-order valence-electron chi connectivity index (χ4n) is 2.17. The summed E-state index contributed by atoms with van der Waals surface area (Å²) in [7, 11) is 1.98. The molecule has 1 aromatic heterocycles. The van der Waals surface area contributed by atoms with Crippen molar-refractivity contribution in [1.29, 1.82) is 0 Å². The quantitative estimate of drug-likeness (QED) is 0.797. The van der Waals surface area contributed by atoms with Crippen molar-refractivity contribution >= 4 is 0 Å². The van der Waals surface area contributed by atoms with Crippen molar-refractivity contribution in [2.24, 2.45) is 12.5 Å². The van der Waals surface area contributed by atoms with Gasteiger partial charge in [0.15, 0.2) is 0 Å². The number of aryl methyl sites for hydroxylation is 1. The van der Waals surface area contributed by atoms with Crippen LogP contribution in [0, 0.1) is 5.41 Å². The lowest BCUT2D eigenvalue weighted by atomic mass is 9.93. The molecule has 1 aromatic rings. The molecule has 1 aliphatic carbocycles. The SMILES string of the molecule is CCNC(Cc1cnn(C)c1)C1(C)CC1. The predicted molar refractivity (Wildman–Crippen MR) is 61.7 cm³/mol. The number of aromatic nitrogens is 2. The molecular weight excluding hydrogens is 186 g/mol.